The van der Waals surface area contributed by atoms with E-state index in [4.69, 9.17) is 0 Å². The van der Waals surface area contributed by atoms with E-state index in [1.165, 1.54) is 0 Å². The van der Waals surface area contributed by atoms with Crippen LogP contribution in [0.2, 0.25) is 0 Å². The second-order valence-electron chi connectivity index (χ2n) is 6.18. The maximum atomic E-state index is 12.2. The predicted molar refractivity (Wildman–Crippen MR) is 86.4 cm³/mol. The van der Waals surface area contributed by atoms with Gasteiger partial charge in [0.05, 0.1) is 5.75 Å². The summed E-state index contributed by atoms with van der Waals surface area (Å²) >= 11 is 0. The monoisotopic (exact) mass is 310 g/mol. The molecule has 1 aliphatic rings. The van der Waals surface area contributed by atoms with Gasteiger partial charge < -0.3 is 5.32 Å². The highest BCUT2D eigenvalue weighted by molar-refractivity contribution is 7.88. The highest BCUT2D eigenvalue weighted by Crippen LogP contribution is 2.49. The molecule has 0 spiro atoms. The molecule has 0 saturated heterocycles. The van der Waals surface area contributed by atoms with Crippen molar-refractivity contribution in [2.24, 2.45) is 5.41 Å². The number of sulfonamides is 1. The molecule has 4 nitrogen and oxygen atoms in total. The van der Waals surface area contributed by atoms with Crippen LogP contribution in [0.1, 0.15) is 43.7 Å². The number of hydrogen-bond donors (Lipinski definition) is 2. The van der Waals surface area contributed by atoms with Gasteiger partial charge in [0.1, 0.15) is 0 Å². The lowest BCUT2D eigenvalue weighted by Gasteiger charge is -2.15. The Kier molecular flexibility index (Phi) is 5.41. The third-order valence-electron chi connectivity index (χ3n) is 4.17. The van der Waals surface area contributed by atoms with E-state index in [0.29, 0.717) is 6.54 Å². The molecule has 5 heteroatoms. The van der Waals surface area contributed by atoms with Crippen molar-refractivity contribution in [3.05, 3.63) is 35.4 Å². The summed E-state index contributed by atoms with van der Waals surface area (Å²) in [5.74, 6) is 0.0645. The van der Waals surface area contributed by atoms with E-state index in [1.54, 1.807) is 0 Å². The summed E-state index contributed by atoms with van der Waals surface area (Å²) in [5.41, 5.74) is 2.24. The summed E-state index contributed by atoms with van der Waals surface area (Å²) in [6.07, 6.45) is 4.55. The molecule has 0 aromatic heterocycles. The normalized spacial score (nSPS) is 16.9. The van der Waals surface area contributed by atoms with Crippen LogP contribution in [-0.4, -0.2) is 22.0 Å². The van der Waals surface area contributed by atoms with Crippen molar-refractivity contribution in [2.45, 2.75) is 44.9 Å². The van der Waals surface area contributed by atoms with Crippen LogP contribution in [0.3, 0.4) is 0 Å². The van der Waals surface area contributed by atoms with Gasteiger partial charge in [-0.3, -0.25) is 0 Å². The minimum Gasteiger partial charge on any atom is -0.316 e. The zero-order valence-corrected chi connectivity index (χ0v) is 13.8. The Bertz CT molecular complexity index is 548. The van der Waals surface area contributed by atoms with Gasteiger partial charge in [0, 0.05) is 13.1 Å². The van der Waals surface area contributed by atoms with Gasteiger partial charge in [-0.15, -0.1) is 0 Å². The fraction of sp³-hybridized carbons (Fsp3) is 0.625. The summed E-state index contributed by atoms with van der Waals surface area (Å²) < 4.78 is 27.1. The highest BCUT2D eigenvalue weighted by Gasteiger charge is 2.41. The van der Waals surface area contributed by atoms with Crippen LogP contribution in [0, 0.1) is 5.41 Å². The summed E-state index contributed by atoms with van der Waals surface area (Å²) in [5, 5.41) is 3.08. The number of hydrogen-bond acceptors (Lipinski definition) is 3. The Hall–Kier alpha value is -0.910. The largest absolute Gasteiger partial charge is 0.316 e. The van der Waals surface area contributed by atoms with E-state index in [2.05, 4.69) is 17.0 Å². The summed E-state index contributed by atoms with van der Waals surface area (Å²) in [6, 6.07) is 7.73. The van der Waals surface area contributed by atoms with Crippen LogP contribution < -0.4 is 10.0 Å². The van der Waals surface area contributed by atoms with Crippen LogP contribution >= 0.6 is 0 Å². The van der Waals surface area contributed by atoms with Gasteiger partial charge in [0.15, 0.2) is 0 Å². The standard InChI is InChI=1S/C16H26N2O2S/c1-3-8-16(9-10-16)13-18-21(19,20)12-15-6-4-14(5-7-15)11-17-2/h4-7,17-18H,3,8-13H2,1-2H3. The maximum Gasteiger partial charge on any atom is 0.215 e. The second-order valence-corrected chi connectivity index (χ2v) is 7.98. The molecular weight excluding hydrogens is 284 g/mol. The smallest absolute Gasteiger partial charge is 0.215 e. The summed E-state index contributed by atoms with van der Waals surface area (Å²) in [7, 11) is -1.34. The molecule has 1 aromatic carbocycles. The van der Waals surface area contributed by atoms with Gasteiger partial charge in [-0.1, -0.05) is 37.6 Å². The molecule has 1 aliphatic carbocycles. The molecule has 0 radical (unpaired) electrons. The lowest BCUT2D eigenvalue weighted by molar-refractivity contribution is 0.449. The zero-order chi connectivity index (χ0) is 15.3. The van der Waals surface area contributed by atoms with Crippen molar-refractivity contribution < 1.29 is 8.42 Å². The fourth-order valence-electron chi connectivity index (χ4n) is 2.71. The molecule has 1 fully saturated rings. The van der Waals surface area contributed by atoms with Gasteiger partial charge in [-0.2, -0.15) is 0 Å². The van der Waals surface area contributed by atoms with E-state index < -0.39 is 10.0 Å². The first-order valence-corrected chi connectivity index (χ1v) is 9.34. The average Bonchev–Trinajstić information content (AvgIpc) is 3.20. The number of rotatable bonds is 9. The third-order valence-corrected chi connectivity index (χ3v) is 5.46. The molecule has 0 heterocycles. The van der Waals surface area contributed by atoms with E-state index in [1.807, 2.05) is 31.3 Å². The molecule has 21 heavy (non-hydrogen) atoms. The predicted octanol–water partition coefficient (Wildman–Crippen LogP) is 2.41. The summed E-state index contributed by atoms with van der Waals surface area (Å²) in [6.45, 7) is 3.55. The van der Waals surface area contributed by atoms with Crippen LogP contribution in [-0.2, 0) is 22.3 Å². The molecule has 1 saturated carbocycles. The Morgan fingerprint density at radius 3 is 2.29 bits per heavy atom. The molecule has 2 N–H and O–H groups in total. The molecule has 0 aliphatic heterocycles. The number of nitrogens with one attached hydrogen (secondary N) is 2. The van der Waals surface area contributed by atoms with Crippen LogP contribution in [0.15, 0.2) is 24.3 Å². The van der Waals surface area contributed by atoms with Crippen LogP contribution in [0.5, 0.6) is 0 Å². The van der Waals surface area contributed by atoms with Gasteiger partial charge in [-0.05, 0) is 42.9 Å². The Morgan fingerprint density at radius 2 is 1.76 bits per heavy atom. The van der Waals surface area contributed by atoms with Crippen molar-refractivity contribution in [3.63, 3.8) is 0 Å². The summed E-state index contributed by atoms with van der Waals surface area (Å²) in [4.78, 5) is 0. The molecule has 2 rings (SSSR count). The molecular formula is C16H26N2O2S. The Balaban J connectivity index is 1.88. The molecule has 0 bridgehead atoms. The van der Waals surface area contributed by atoms with Crippen molar-refractivity contribution in [3.8, 4) is 0 Å². The fourth-order valence-corrected chi connectivity index (χ4v) is 3.97. The average molecular weight is 310 g/mol. The van der Waals surface area contributed by atoms with Gasteiger partial charge in [-0.25, -0.2) is 13.1 Å². The molecule has 0 unspecified atom stereocenters. The lowest BCUT2D eigenvalue weighted by Crippen LogP contribution is -2.31. The van der Waals surface area contributed by atoms with Gasteiger partial charge >= 0.3 is 0 Å². The minimum atomic E-state index is -3.24. The van der Waals surface area contributed by atoms with Gasteiger partial charge in [0.25, 0.3) is 0 Å². The van der Waals surface area contributed by atoms with E-state index in [9.17, 15) is 8.42 Å². The third kappa shape index (κ3) is 5.09. The SMILES string of the molecule is CCCC1(CNS(=O)(=O)Cc2ccc(CNC)cc2)CC1. The highest BCUT2D eigenvalue weighted by atomic mass is 32.2. The van der Waals surface area contributed by atoms with E-state index in [0.717, 1.165) is 43.4 Å². The van der Waals surface area contributed by atoms with Crippen molar-refractivity contribution in [1.29, 1.82) is 0 Å². The first-order valence-electron chi connectivity index (χ1n) is 7.68. The second kappa shape index (κ2) is 6.90. The lowest BCUT2D eigenvalue weighted by atomic mass is 10.0. The Labute approximate surface area is 128 Å². The van der Waals surface area contributed by atoms with Crippen molar-refractivity contribution in [1.82, 2.24) is 10.0 Å². The van der Waals surface area contributed by atoms with Gasteiger partial charge in [0.2, 0.25) is 10.0 Å². The van der Waals surface area contributed by atoms with Crippen LogP contribution in [0.4, 0.5) is 0 Å². The van der Waals surface area contributed by atoms with Crippen LogP contribution in [0.25, 0.3) is 0 Å². The van der Waals surface area contributed by atoms with Crippen molar-refractivity contribution in [2.75, 3.05) is 13.6 Å². The first kappa shape index (κ1) is 16.5. The quantitative estimate of drug-likeness (QED) is 0.736. The Morgan fingerprint density at radius 1 is 1.14 bits per heavy atom. The van der Waals surface area contributed by atoms with E-state index in [-0.39, 0.29) is 11.2 Å². The van der Waals surface area contributed by atoms with E-state index >= 15 is 0 Å². The zero-order valence-electron chi connectivity index (χ0n) is 13.0. The molecule has 0 atom stereocenters. The molecule has 0 amide bonds. The van der Waals surface area contributed by atoms with Crippen molar-refractivity contribution >= 4 is 10.0 Å². The molecule has 1 aromatic rings. The topological polar surface area (TPSA) is 58.2 Å². The minimum absolute atomic E-state index is 0.0645. The maximum absolute atomic E-state index is 12.2. The molecule has 118 valence electrons. The number of benzene rings is 1. The first-order chi connectivity index (χ1) is 9.99.